The molecule has 0 spiro atoms. The lowest BCUT2D eigenvalue weighted by molar-refractivity contribution is 0.0661. The van der Waals surface area contributed by atoms with Crippen molar-refractivity contribution in [1.29, 1.82) is 0 Å². The zero-order valence-electron chi connectivity index (χ0n) is 15.9. The summed E-state index contributed by atoms with van der Waals surface area (Å²) >= 11 is 5.92. The Hall–Kier alpha value is -2.64. The Morgan fingerprint density at radius 1 is 1.10 bits per heavy atom. The van der Waals surface area contributed by atoms with Crippen molar-refractivity contribution >= 4 is 27.3 Å². The molecule has 0 unspecified atom stereocenters. The smallest absolute Gasteiger partial charge is 0.257 e. The van der Waals surface area contributed by atoms with Gasteiger partial charge in [0.15, 0.2) is 9.84 Å². The largest absolute Gasteiger partial charge is 0.459 e. The Labute approximate surface area is 179 Å². The van der Waals surface area contributed by atoms with Gasteiger partial charge in [-0.2, -0.15) is 0 Å². The Morgan fingerprint density at radius 3 is 2.50 bits per heavy atom. The highest BCUT2D eigenvalue weighted by molar-refractivity contribution is 7.91. The second-order valence-electron chi connectivity index (χ2n) is 7.24. The van der Waals surface area contributed by atoms with E-state index in [1.807, 2.05) is 12.1 Å². The van der Waals surface area contributed by atoms with Crippen molar-refractivity contribution < 1.29 is 22.0 Å². The molecule has 0 aliphatic carbocycles. The quantitative estimate of drug-likeness (QED) is 0.574. The first-order chi connectivity index (χ1) is 14.3. The predicted molar refractivity (Wildman–Crippen MR) is 112 cm³/mol. The summed E-state index contributed by atoms with van der Waals surface area (Å²) in [5.74, 6) is -0.257. The van der Waals surface area contributed by atoms with Gasteiger partial charge in [0.2, 0.25) is 0 Å². The molecule has 1 atom stereocenters. The van der Waals surface area contributed by atoms with Gasteiger partial charge in [0, 0.05) is 16.6 Å². The molecule has 30 heavy (non-hydrogen) atoms. The summed E-state index contributed by atoms with van der Waals surface area (Å²) in [6.07, 6.45) is 0.313. The molecule has 2 aromatic carbocycles. The van der Waals surface area contributed by atoms with E-state index in [-0.39, 0.29) is 23.6 Å². The van der Waals surface area contributed by atoms with Gasteiger partial charge in [-0.1, -0.05) is 23.7 Å². The first-order valence-corrected chi connectivity index (χ1v) is 11.6. The number of sulfone groups is 1. The summed E-state index contributed by atoms with van der Waals surface area (Å²) in [6.45, 7) is 0.0426. The van der Waals surface area contributed by atoms with Crippen molar-refractivity contribution in [3.8, 4) is 11.3 Å². The normalized spacial score (nSPS) is 17.7. The Bertz CT molecular complexity index is 1170. The van der Waals surface area contributed by atoms with Crippen LogP contribution in [0.1, 0.15) is 22.5 Å². The van der Waals surface area contributed by atoms with Crippen molar-refractivity contribution in [2.75, 3.05) is 11.5 Å². The summed E-state index contributed by atoms with van der Waals surface area (Å²) in [5.41, 5.74) is 0.729. The molecule has 0 radical (unpaired) electrons. The number of furan rings is 1. The Morgan fingerprint density at radius 2 is 1.83 bits per heavy atom. The van der Waals surface area contributed by atoms with E-state index in [2.05, 4.69) is 0 Å². The van der Waals surface area contributed by atoms with Gasteiger partial charge in [0.05, 0.1) is 23.6 Å². The standard InChI is InChI=1S/C22H19ClFNO4S/c23-16-7-5-15(6-8-16)21-10-9-18(29-21)13-25(17-11-12-30(27,28)14-17)22(26)19-3-1-2-4-20(19)24/h1-10,17H,11-14H2/t17-/m1/s1. The van der Waals surface area contributed by atoms with Gasteiger partial charge in [-0.25, -0.2) is 12.8 Å². The zero-order valence-corrected chi connectivity index (χ0v) is 17.5. The molecule has 0 saturated carbocycles. The van der Waals surface area contributed by atoms with Gasteiger partial charge in [-0.15, -0.1) is 0 Å². The van der Waals surface area contributed by atoms with E-state index in [9.17, 15) is 17.6 Å². The number of benzene rings is 2. The second-order valence-corrected chi connectivity index (χ2v) is 9.91. The minimum atomic E-state index is -3.23. The van der Waals surface area contributed by atoms with Gasteiger partial charge in [0.25, 0.3) is 5.91 Å². The molecule has 1 fully saturated rings. The maximum Gasteiger partial charge on any atom is 0.257 e. The maximum atomic E-state index is 14.2. The summed E-state index contributed by atoms with van der Waals surface area (Å²) in [7, 11) is -3.23. The molecule has 1 aliphatic heterocycles. The van der Waals surface area contributed by atoms with Gasteiger partial charge in [0.1, 0.15) is 17.3 Å². The molecule has 4 rings (SSSR count). The van der Waals surface area contributed by atoms with Crippen LogP contribution in [0.3, 0.4) is 0 Å². The molecule has 1 saturated heterocycles. The van der Waals surface area contributed by atoms with Gasteiger partial charge >= 0.3 is 0 Å². The topological polar surface area (TPSA) is 67.6 Å². The van der Waals surface area contributed by atoms with Crippen molar-refractivity contribution in [1.82, 2.24) is 4.90 Å². The first kappa shape index (κ1) is 20.6. The van der Waals surface area contributed by atoms with Crippen molar-refractivity contribution in [2.45, 2.75) is 19.0 Å². The van der Waals surface area contributed by atoms with E-state index in [1.165, 1.54) is 23.1 Å². The lowest BCUT2D eigenvalue weighted by atomic mass is 10.1. The average Bonchev–Trinajstić information content (AvgIpc) is 3.33. The van der Waals surface area contributed by atoms with Crippen LogP contribution < -0.4 is 0 Å². The Kier molecular flexibility index (Phi) is 5.66. The summed E-state index contributed by atoms with van der Waals surface area (Å²) in [6, 6.07) is 15.8. The highest BCUT2D eigenvalue weighted by Crippen LogP contribution is 2.27. The maximum absolute atomic E-state index is 14.2. The van der Waals surface area contributed by atoms with Crippen LogP contribution in [0.25, 0.3) is 11.3 Å². The van der Waals surface area contributed by atoms with Crippen LogP contribution >= 0.6 is 11.6 Å². The molecular formula is C22H19ClFNO4S. The number of carbonyl (C=O) groups excluding carboxylic acids is 1. The number of rotatable bonds is 5. The molecule has 8 heteroatoms. The van der Waals surface area contributed by atoms with E-state index in [4.69, 9.17) is 16.0 Å². The summed E-state index contributed by atoms with van der Waals surface area (Å²) < 4.78 is 44.1. The lowest BCUT2D eigenvalue weighted by Crippen LogP contribution is -2.40. The van der Waals surface area contributed by atoms with Crippen molar-refractivity contribution in [3.05, 3.63) is 82.8 Å². The number of halogens is 2. The highest BCUT2D eigenvalue weighted by Gasteiger charge is 2.36. The third kappa shape index (κ3) is 4.42. The SMILES string of the molecule is O=C(c1ccccc1F)N(Cc1ccc(-c2ccc(Cl)cc2)o1)[C@@H]1CCS(=O)(=O)C1. The van der Waals surface area contributed by atoms with Gasteiger partial charge < -0.3 is 9.32 Å². The number of hydrogen-bond acceptors (Lipinski definition) is 4. The number of carbonyl (C=O) groups is 1. The number of nitrogens with zero attached hydrogens (tertiary/aromatic N) is 1. The monoisotopic (exact) mass is 447 g/mol. The Balaban J connectivity index is 1.63. The fourth-order valence-electron chi connectivity index (χ4n) is 3.58. The first-order valence-electron chi connectivity index (χ1n) is 9.43. The zero-order chi connectivity index (χ0) is 21.3. The molecule has 0 N–H and O–H groups in total. The molecule has 1 aliphatic rings. The minimum Gasteiger partial charge on any atom is -0.459 e. The van der Waals surface area contributed by atoms with Crippen LogP contribution in [0, 0.1) is 5.82 Å². The molecule has 2 heterocycles. The van der Waals surface area contributed by atoms with E-state index < -0.39 is 27.6 Å². The minimum absolute atomic E-state index is 0.00684. The lowest BCUT2D eigenvalue weighted by Gasteiger charge is -2.27. The number of hydrogen-bond donors (Lipinski definition) is 0. The molecule has 5 nitrogen and oxygen atoms in total. The van der Waals surface area contributed by atoms with E-state index in [0.717, 1.165) is 5.56 Å². The van der Waals surface area contributed by atoms with Crippen molar-refractivity contribution in [3.63, 3.8) is 0 Å². The molecular weight excluding hydrogens is 429 g/mol. The molecule has 3 aromatic rings. The average molecular weight is 448 g/mol. The molecule has 0 bridgehead atoms. The van der Waals surface area contributed by atoms with Crippen molar-refractivity contribution in [2.24, 2.45) is 0 Å². The molecule has 1 aromatic heterocycles. The summed E-state index contributed by atoms with van der Waals surface area (Å²) in [4.78, 5) is 14.5. The third-order valence-electron chi connectivity index (χ3n) is 5.13. The van der Waals surface area contributed by atoms with Crippen LogP contribution in [0.15, 0.2) is 65.1 Å². The van der Waals surface area contributed by atoms with E-state index in [1.54, 1.807) is 30.3 Å². The fraction of sp³-hybridized carbons (Fsp3) is 0.227. The van der Waals surface area contributed by atoms with E-state index in [0.29, 0.717) is 23.0 Å². The fourth-order valence-corrected chi connectivity index (χ4v) is 5.43. The van der Waals surface area contributed by atoms with Crippen LogP contribution in [-0.4, -0.2) is 36.8 Å². The molecule has 156 valence electrons. The number of amides is 1. The van der Waals surface area contributed by atoms with E-state index >= 15 is 0 Å². The van der Waals surface area contributed by atoms with Gasteiger partial charge in [-0.3, -0.25) is 4.79 Å². The van der Waals surface area contributed by atoms with Gasteiger partial charge in [-0.05, 0) is 55.0 Å². The summed E-state index contributed by atoms with van der Waals surface area (Å²) in [5, 5.41) is 0.606. The second kappa shape index (κ2) is 8.24. The molecule has 1 amide bonds. The predicted octanol–water partition coefficient (Wildman–Crippen LogP) is 4.57. The van der Waals surface area contributed by atoms with Crippen LogP contribution in [0.5, 0.6) is 0 Å². The third-order valence-corrected chi connectivity index (χ3v) is 7.13. The van der Waals surface area contributed by atoms with Crippen LogP contribution in [-0.2, 0) is 16.4 Å². The van der Waals surface area contributed by atoms with Crippen LogP contribution in [0.4, 0.5) is 4.39 Å². The van der Waals surface area contributed by atoms with Crippen LogP contribution in [0.2, 0.25) is 5.02 Å². The highest BCUT2D eigenvalue weighted by atomic mass is 35.5.